The second kappa shape index (κ2) is 8.62. The van der Waals surface area contributed by atoms with E-state index in [9.17, 15) is 0 Å². The number of hydrogen-bond donors (Lipinski definition) is 0. The van der Waals surface area contributed by atoms with Gasteiger partial charge in [0.15, 0.2) is 0 Å². The van der Waals surface area contributed by atoms with Crippen LogP contribution >= 0.6 is 11.6 Å². The highest BCUT2D eigenvalue weighted by Crippen LogP contribution is 2.18. The highest BCUT2D eigenvalue weighted by Gasteiger charge is 2.20. The summed E-state index contributed by atoms with van der Waals surface area (Å²) in [5.74, 6) is 0. The molecule has 2 heterocycles. The van der Waals surface area contributed by atoms with E-state index in [0.717, 1.165) is 43.2 Å². The minimum absolute atomic E-state index is 0.366. The van der Waals surface area contributed by atoms with Crippen LogP contribution in [0.5, 0.6) is 0 Å². The Bertz CT molecular complexity index is 639. The molecule has 3 rings (SSSR count). The number of nitrogens with zero attached hydrogens (tertiary/aromatic N) is 3. The fraction of sp³-hybridized carbons (Fsp3) is 0.500. The molecule has 0 saturated carbocycles. The monoisotopic (exact) mass is 349 g/mol. The lowest BCUT2D eigenvalue weighted by Crippen LogP contribution is -2.36. The molecule has 1 saturated heterocycles. The Morgan fingerprint density at radius 1 is 1.25 bits per heavy atom. The SMILES string of the molecule is COCCOC1CCN(Cc2cnn(-c3cccc(Cl)c3)c2)CC1. The fourth-order valence-corrected chi connectivity index (χ4v) is 3.18. The predicted molar refractivity (Wildman–Crippen MR) is 94.7 cm³/mol. The number of aromatic nitrogens is 2. The molecule has 0 radical (unpaired) electrons. The van der Waals surface area contributed by atoms with Crippen molar-refractivity contribution in [2.75, 3.05) is 33.4 Å². The van der Waals surface area contributed by atoms with Crippen LogP contribution in [0.2, 0.25) is 5.02 Å². The Balaban J connectivity index is 1.49. The van der Waals surface area contributed by atoms with Crippen molar-refractivity contribution in [2.24, 2.45) is 0 Å². The molecule has 0 aliphatic carbocycles. The van der Waals surface area contributed by atoms with Crippen LogP contribution in [-0.2, 0) is 16.0 Å². The first-order chi connectivity index (χ1) is 11.7. The summed E-state index contributed by atoms with van der Waals surface area (Å²) in [6.45, 7) is 4.39. The van der Waals surface area contributed by atoms with Crippen LogP contribution in [0.15, 0.2) is 36.7 Å². The summed E-state index contributed by atoms with van der Waals surface area (Å²) >= 11 is 6.05. The van der Waals surface area contributed by atoms with Crippen molar-refractivity contribution in [3.05, 3.63) is 47.2 Å². The lowest BCUT2D eigenvalue weighted by Gasteiger charge is -2.31. The topological polar surface area (TPSA) is 39.5 Å². The minimum atomic E-state index is 0.366. The summed E-state index contributed by atoms with van der Waals surface area (Å²) in [6, 6.07) is 7.73. The Morgan fingerprint density at radius 3 is 2.83 bits per heavy atom. The maximum absolute atomic E-state index is 6.05. The zero-order valence-electron chi connectivity index (χ0n) is 14.0. The number of benzene rings is 1. The van der Waals surface area contributed by atoms with Gasteiger partial charge in [-0.05, 0) is 31.0 Å². The summed E-state index contributed by atoms with van der Waals surface area (Å²) in [4.78, 5) is 2.45. The summed E-state index contributed by atoms with van der Waals surface area (Å²) in [6.07, 6.45) is 6.53. The summed E-state index contributed by atoms with van der Waals surface area (Å²) in [7, 11) is 1.70. The molecule has 5 nitrogen and oxygen atoms in total. The lowest BCUT2D eigenvalue weighted by molar-refractivity contribution is -0.0158. The maximum atomic E-state index is 6.05. The van der Waals surface area contributed by atoms with E-state index in [0.29, 0.717) is 19.3 Å². The first-order valence-corrected chi connectivity index (χ1v) is 8.75. The third-order valence-electron chi connectivity index (χ3n) is 4.29. The lowest BCUT2D eigenvalue weighted by atomic mass is 10.1. The fourth-order valence-electron chi connectivity index (χ4n) is 2.99. The second-order valence-electron chi connectivity index (χ2n) is 6.11. The average molecular weight is 350 g/mol. The van der Waals surface area contributed by atoms with Gasteiger partial charge in [0, 0.05) is 43.5 Å². The molecule has 0 unspecified atom stereocenters. The third-order valence-corrected chi connectivity index (χ3v) is 4.53. The van der Waals surface area contributed by atoms with Crippen LogP contribution in [0.1, 0.15) is 18.4 Å². The summed E-state index contributed by atoms with van der Waals surface area (Å²) in [5, 5.41) is 5.17. The molecule has 24 heavy (non-hydrogen) atoms. The molecule has 130 valence electrons. The first-order valence-electron chi connectivity index (χ1n) is 8.37. The number of ether oxygens (including phenoxy) is 2. The molecule has 0 amide bonds. The van der Waals surface area contributed by atoms with Gasteiger partial charge < -0.3 is 9.47 Å². The molecule has 0 N–H and O–H groups in total. The van der Waals surface area contributed by atoms with E-state index < -0.39 is 0 Å². The van der Waals surface area contributed by atoms with Gasteiger partial charge in [-0.3, -0.25) is 4.90 Å². The Labute approximate surface area is 148 Å². The second-order valence-corrected chi connectivity index (χ2v) is 6.55. The van der Waals surface area contributed by atoms with Crippen LogP contribution < -0.4 is 0 Å². The molecule has 0 spiro atoms. The molecule has 1 fully saturated rings. The molecule has 1 aromatic heterocycles. The van der Waals surface area contributed by atoms with E-state index in [-0.39, 0.29) is 0 Å². The van der Waals surface area contributed by atoms with Crippen LogP contribution in [0.3, 0.4) is 0 Å². The highest BCUT2D eigenvalue weighted by atomic mass is 35.5. The number of piperidine rings is 1. The molecule has 2 aromatic rings. The maximum Gasteiger partial charge on any atom is 0.0704 e. The van der Waals surface area contributed by atoms with E-state index in [1.165, 1.54) is 5.56 Å². The molecule has 0 atom stereocenters. The van der Waals surface area contributed by atoms with Gasteiger partial charge in [0.1, 0.15) is 0 Å². The van der Waals surface area contributed by atoms with Crippen molar-refractivity contribution in [1.82, 2.24) is 14.7 Å². The largest absolute Gasteiger partial charge is 0.382 e. The van der Waals surface area contributed by atoms with Gasteiger partial charge in [0.2, 0.25) is 0 Å². The Kier molecular flexibility index (Phi) is 6.26. The quantitative estimate of drug-likeness (QED) is 0.720. The molecule has 6 heteroatoms. The minimum Gasteiger partial charge on any atom is -0.382 e. The van der Waals surface area contributed by atoms with Gasteiger partial charge in [-0.25, -0.2) is 4.68 Å². The van der Waals surface area contributed by atoms with Gasteiger partial charge in [0.25, 0.3) is 0 Å². The number of likely N-dealkylation sites (tertiary alicyclic amines) is 1. The summed E-state index contributed by atoms with van der Waals surface area (Å²) in [5.41, 5.74) is 2.20. The average Bonchev–Trinajstić information content (AvgIpc) is 3.05. The van der Waals surface area contributed by atoms with Gasteiger partial charge in [-0.2, -0.15) is 5.10 Å². The van der Waals surface area contributed by atoms with Crippen LogP contribution in [-0.4, -0.2) is 54.2 Å². The summed E-state index contributed by atoms with van der Waals surface area (Å²) < 4.78 is 12.7. The van der Waals surface area contributed by atoms with E-state index in [4.69, 9.17) is 21.1 Å². The predicted octanol–water partition coefficient (Wildman–Crippen LogP) is 3.15. The first kappa shape index (κ1) is 17.4. The molecule has 1 aliphatic heterocycles. The van der Waals surface area contributed by atoms with E-state index >= 15 is 0 Å². The van der Waals surface area contributed by atoms with Crippen molar-refractivity contribution in [2.45, 2.75) is 25.5 Å². The van der Waals surface area contributed by atoms with Gasteiger partial charge in [-0.15, -0.1) is 0 Å². The van der Waals surface area contributed by atoms with Gasteiger partial charge in [0.05, 0.1) is 31.2 Å². The zero-order valence-corrected chi connectivity index (χ0v) is 14.8. The Morgan fingerprint density at radius 2 is 2.08 bits per heavy atom. The smallest absolute Gasteiger partial charge is 0.0704 e. The van der Waals surface area contributed by atoms with Crippen molar-refractivity contribution >= 4 is 11.6 Å². The highest BCUT2D eigenvalue weighted by molar-refractivity contribution is 6.30. The number of hydrogen-bond acceptors (Lipinski definition) is 4. The number of methoxy groups -OCH3 is 1. The molecular formula is C18H24ClN3O2. The molecule has 1 aliphatic rings. The van der Waals surface area contributed by atoms with Crippen molar-refractivity contribution in [3.63, 3.8) is 0 Å². The molecule has 1 aromatic carbocycles. The van der Waals surface area contributed by atoms with Crippen molar-refractivity contribution < 1.29 is 9.47 Å². The van der Waals surface area contributed by atoms with Gasteiger partial charge >= 0.3 is 0 Å². The molecule has 0 bridgehead atoms. The van der Waals surface area contributed by atoms with E-state index in [2.05, 4.69) is 16.2 Å². The van der Waals surface area contributed by atoms with Crippen LogP contribution in [0.25, 0.3) is 5.69 Å². The van der Waals surface area contributed by atoms with Gasteiger partial charge in [-0.1, -0.05) is 17.7 Å². The Hall–Kier alpha value is -1.40. The number of rotatable bonds is 7. The van der Waals surface area contributed by atoms with Crippen LogP contribution in [0, 0.1) is 0 Å². The van der Waals surface area contributed by atoms with E-state index in [1.54, 1.807) is 7.11 Å². The van der Waals surface area contributed by atoms with E-state index in [1.807, 2.05) is 35.1 Å². The van der Waals surface area contributed by atoms with Crippen LogP contribution in [0.4, 0.5) is 0 Å². The normalized spacial score (nSPS) is 16.6. The zero-order chi connectivity index (χ0) is 16.8. The van der Waals surface area contributed by atoms with Crippen molar-refractivity contribution in [3.8, 4) is 5.69 Å². The van der Waals surface area contributed by atoms with Crippen molar-refractivity contribution in [1.29, 1.82) is 0 Å². The third kappa shape index (κ3) is 4.80. The standard InChI is InChI=1S/C18H24ClN3O2/c1-23-9-10-24-18-5-7-21(8-6-18)13-15-12-20-22(14-15)17-4-2-3-16(19)11-17/h2-4,11-12,14,18H,5-10,13H2,1H3. The number of halogens is 1. The molecular weight excluding hydrogens is 326 g/mol.